The summed E-state index contributed by atoms with van der Waals surface area (Å²) in [5, 5.41) is 0. The second-order valence-corrected chi connectivity index (χ2v) is 4.86. The normalized spacial score (nSPS) is 21.6. The fourth-order valence-corrected chi connectivity index (χ4v) is 2.36. The van der Waals surface area contributed by atoms with Crippen molar-refractivity contribution in [2.45, 2.75) is 18.9 Å². The predicted molar refractivity (Wildman–Crippen MR) is 63.7 cm³/mol. The highest BCUT2D eigenvalue weighted by molar-refractivity contribution is 9.10. The molecule has 1 aromatic carbocycles. The Morgan fingerprint density at radius 3 is 3.07 bits per heavy atom. The van der Waals surface area contributed by atoms with Gasteiger partial charge in [-0.05, 0) is 36.6 Å². The van der Waals surface area contributed by atoms with Crippen LogP contribution in [0.1, 0.15) is 12.0 Å². The van der Waals surface area contributed by atoms with Gasteiger partial charge in [-0.2, -0.15) is 0 Å². The van der Waals surface area contributed by atoms with E-state index in [1.807, 2.05) is 0 Å². The Hall–Kier alpha value is -0.540. The van der Waals surface area contributed by atoms with E-state index in [1.165, 1.54) is 11.3 Å². The van der Waals surface area contributed by atoms with Gasteiger partial charge in [-0.1, -0.05) is 15.9 Å². The molecule has 0 bridgehead atoms. The van der Waals surface area contributed by atoms with Crippen LogP contribution in [0.15, 0.2) is 22.7 Å². The summed E-state index contributed by atoms with van der Waals surface area (Å²) >= 11 is 3.50. The van der Waals surface area contributed by atoms with Crippen molar-refractivity contribution in [2.24, 2.45) is 5.73 Å². The summed E-state index contributed by atoms with van der Waals surface area (Å²) in [6, 6.07) is 6.73. The number of nitrogens with zero attached hydrogens (tertiary/aromatic N) is 1. The van der Waals surface area contributed by atoms with Crippen LogP contribution in [-0.2, 0) is 6.42 Å². The average Bonchev–Trinajstić information content (AvgIpc) is 2.26. The van der Waals surface area contributed by atoms with E-state index in [-0.39, 0.29) is 0 Å². The third-order valence-electron chi connectivity index (χ3n) is 2.77. The van der Waals surface area contributed by atoms with Gasteiger partial charge in [0.2, 0.25) is 0 Å². The quantitative estimate of drug-likeness (QED) is 0.769. The van der Waals surface area contributed by atoms with Crippen molar-refractivity contribution >= 4 is 21.6 Å². The summed E-state index contributed by atoms with van der Waals surface area (Å²) in [6.45, 7) is 1.05. The first-order valence-electron chi connectivity index (χ1n) is 4.92. The van der Waals surface area contributed by atoms with Gasteiger partial charge in [0.1, 0.15) is 0 Å². The molecule has 0 aliphatic carbocycles. The third-order valence-corrected chi connectivity index (χ3v) is 3.26. The first-order chi connectivity index (χ1) is 6.66. The number of anilines is 1. The number of hydrogen-bond acceptors (Lipinski definition) is 2. The molecule has 1 atom stereocenters. The summed E-state index contributed by atoms with van der Waals surface area (Å²) in [7, 11) is 2.13. The van der Waals surface area contributed by atoms with E-state index in [9.17, 15) is 0 Å². The summed E-state index contributed by atoms with van der Waals surface area (Å²) in [4.78, 5) is 2.29. The lowest BCUT2D eigenvalue weighted by molar-refractivity contribution is 0.627. The number of rotatable bonds is 0. The van der Waals surface area contributed by atoms with E-state index in [1.54, 1.807) is 0 Å². The Labute approximate surface area is 93.2 Å². The minimum absolute atomic E-state index is 0.299. The van der Waals surface area contributed by atoms with Crippen LogP contribution in [-0.4, -0.2) is 19.6 Å². The smallest absolute Gasteiger partial charge is 0.0397 e. The van der Waals surface area contributed by atoms with Crippen molar-refractivity contribution < 1.29 is 0 Å². The van der Waals surface area contributed by atoms with Gasteiger partial charge in [0.05, 0.1) is 0 Å². The first-order valence-corrected chi connectivity index (χ1v) is 5.71. The SMILES string of the molecule is CN1CCC(N)Cc2cc(Br)ccc21. The molecule has 1 heterocycles. The molecule has 0 saturated heterocycles. The van der Waals surface area contributed by atoms with Crippen LogP contribution in [0, 0.1) is 0 Å². The third kappa shape index (κ3) is 1.93. The van der Waals surface area contributed by atoms with Crippen molar-refractivity contribution in [3.63, 3.8) is 0 Å². The van der Waals surface area contributed by atoms with Crippen LogP contribution in [0.2, 0.25) is 0 Å². The molecule has 14 heavy (non-hydrogen) atoms. The van der Waals surface area contributed by atoms with Crippen molar-refractivity contribution in [2.75, 3.05) is 18.5 Å². The molecule has 0 radical (unpaired) electrons. The minimum Gasteiger partial charge on any atom is -0.374 e. The molecule has 2 rings (SSSR count). The van der Waals surface area contributed by atoms with Gasteiger partial charge in [-0.25, -0.2) is 0 Å². The molecule has 1 aromatic rings. The molecule has 76 valence electrons. The molecule has 2 N–H and O–H groups in total. The molecule has 0 spiro atoms. The van der Waals surface area contributed by atoms with E-state index in [2.05, 4.69) is 46.1 Å². The Morgan fingerprint density at radius 1 is 1.50 bits per heavy atom. The lowest BCUT2D eigenvalue weighted by atomic mass is 10.0. The second-order valence-electron chi connectivity index (χ2n) is 3.95. The molecule has 2 nitrogen and oxygen atoms in total. The van der Waals surface area contributed by atoms with Crippen LogP contribution in [0.25, 0.3) is 0 Å². The Morgan fingerprint density at radius 2 is 2.29 bits per heavy atom. The largest absolute Gasteiger partial charge is 0.374 e. The first kappa shape index (κ1) is 9.99. The van der Waals surface area contributed by atoms with Gasteiger partial charge in [-0.15, -0.1) is 0 Å². The maximum absolute atomic E-state index is 6.02. The molecule has 1 aliphatic heterocycles. The summed E-state index contributed by atoms with van der Waals surface area (Å²) in [5.74, 6) is 0. The van der Waals surface area contributed by atoms with Crippen molar-refractivity contribution in [1.82, 2.24) is 0 Å². The summed E-state index contributed by atoms with van der Waals surface area (Å²) in [6.07, 6.45) is 2.06. The summed E-state index contributed by atoms with van der Waals surface area (Å²) < 4.78 is 1.14. The lowest BCUT2D eigenvalue weighted by Gasteiger charge is -2.19. The maximum atomic E-state index is 6.02. The Balaban J connectivity index is 2.41. The highest BCUT2D eigenvalue weighted by Gasteiger charge is 2.16. The number of benzene rings is 1. The highest BCUT2D eigenvalue weighted by Crippen LogP contribution is 2.27. The monoisotopic (exact) mass is 254 g/mol. The Bertz CT molecular complexity index is 338. The van der Waals surface area contributed by atoms with E-state index >= 15 is 0 Å². The number of nitrogens with two attached hydrogens (primary N) is 1. The van der Waals surface area contributed by atoms with E-state index in [0.29, 0.717) is 6.04 Å². The zero-order valence-electron chi connectivity index (χ0n) is 8.33. The molecule has 0 saturated carbocycles. The van der Waals surface area contributed by atoms with E-state index in [4.69, 9.17) is 5.73 Å². The predicted octanol–water partition coefficient (Wildman–Crippen LogP) is 2.16. The highest BCUT2D eigenvalue weighted by atomic mass is 79.9. The number of fused-ring (bicyclic) bond motifs is 1. The number of halogens is 1. The Kier molecular flexibility index (Phi) is 2.79. The van der Waals surface area contributed by atoms with Gasteiger partial charge in [0.15, 0.2) is 0 Å². The molecule has 0 fully saturated rings. The van der Waals surface area contributed by atoms with Crippen LogP contribution in [0.3, 0.4) is 0 Å². The molecular formula is C11H15BrN2. The average molecular weight is 255 g/mol. The minimum atomic E-state index is 0.299. The zero-order chi connectivity index (χ0) is 10.1. The fraction of sp³-hybridized carbons (Fsp3) is 0.455. The molecular weight excluding hydrogens is 240 g/mol. The molecule has 0 aromatic heterocycles. The lowest BCUT2D eigenvalue weighted by Crippen LogP contribution is -2.25. The molecule has 0 amide bonds. The van der Waals surface area contributed by atoms with Crippen LogP contribution in [0.4, 0.5) is 5.69 Å². The standard InChI is InChI=1S/C11H15BrN2/c1-14-5-4-10(13)7-8-6-9(12)2-3-11(8)14/h2-3,6,10H,4-5,7,13H2,1H3. The van der Waals surface area contributed by atoms with Gasteiger partial charge in [0, 0.05) is 29.8 Å². The molecule has 1 aliphatic rings. The second kappa shape index (κ2) is 3.91. The number of hydrogen-bond donors (Lipinski definition) is 1. The van der Waals surface area contributed by atoms with Crippen LogP contribution in [0.5, 0.6) is 0 Å². The molecule has 3 heteroatoms. The van der Waals surface area contributed by atoms with Crippen LogP contribution >= 0.6 is 15.9 Å². The van der Waals surface area contributed by atoms with E-state index in [0.717, 1.165) is 23.9 Å². The molecule has 1 unspecified atom stereocenters. The maximum Gasteiger partial charge on any atom is 0.0397 e. The van der Waals surface area contributed by atoms with Gasteiger partial charge < -0.3 is 10.6 Å². The van der Waals surface area contributed by atoms with Crippen molar-refractivity contribution in [3.8, 4) is 0 Å². The topological polar surface area (TPSA) is 29.3 Å². The van der Waals surface area contributed by atoms with Crippen molar-refractivity contribution in [3.05, 3.63) is 28.2 Å². The summed E-state index contributed by atoms with van der Waals surface area (Å²) in [5.41, 5.74) is 8.69. The van der Waals surface area contributed by atoms with E-state index < -0.39 is 0 Å². The fourth-order valence-electron chi connectivity index (χ4n) is 1.95. The van der Waals surface area contributed by atoms with Gasteiger partial charge in [0.25, 0.3) is 0 Å². The van der Waals surface area contributed by atoms with Gasteiger partial charge in [-0.3, -0.25) is 0 Å². The zero-order valence-corrected chi connectivity index (χ0v) is 9.92. The van der Waals surface area contributed by atoms with Crippen LogP contribution < -0.4 is 10.6 Å². The van der Waals surface area contributed by atoms with Crippen molar-refractivity contribution in [1.29, 1.82) is 0 Å². The van der Waals surface area contributed by atoms with Gasteiger partial charge >= 0.3 is 0 Å².